The van der Waals surface area contributed by atoms with Crippen LogP contribution in [0.15, 0.2) is 53.5 Å². The second kappa shape index (κ2) is 11.0. The molecule has 1 unspecified atom stereocenters. The molecule has 218 valence electrons. The summed E-state index contributed by atoms with van der Waals surface area (Å²) in [7, 11) is 2.13. The maximum atomic E-state index is 15.8. The Morgan fingerprint density at radius 1 is 1.05 bits per heavy atom. The van der Waals surface area contributed by atoms with Gasteiger partial charge in [0.05, 0.1) is 11.1 Å². The third-order valence-electron chi connectivity index (χ3n) is 9.10. The summed E-state index contributed by atoms with van der Waals surface area (Å²) in [6.45, 7) is 4.88. The molecule has 42 heavy (non-hydrogen) atoms. The lowest BCUT2D eigenvalue weighted by Gasteiger charge is -2.27. The Morgan fingerprint density at radius 3 is 2.60 bits per heavy atom. The lowest BCUT2D eigenvalue weighted by atomic mass is 10.0. The number of pyridine rings is 1. The molecule has 2 N–H and O–H groups in total. The highest BCUT2D eigenvalue weighted by Gasteiger charge is 2.29. The van der Waals surface area contributed by atoms with Gasteiger partial charge in [-0.15, -0.1) is 0 Å². The van der Waals surface area contributed by atoms with Crippen LogP contribution in [0.1, 0.15) is 42.5 Å². The first-order chi connectivity index (χ1) is 20.5. The van der Waals surface area contributed by atoms with Crippen molar-refractivity contribution in [2.75, 3.05) is 51.6 Å². The molecule has 0 spiro atoms. The van der Waals surface area contributed by atoms with E-state index in [0.717, 1.165) is 49.8 Å². The lowest BCUT2D eigenvalue weighted by Crippen LogP contribution is -2.36. The van der Waals surface area contributed by atoms with Gasteiger partial charge in [-0.3, -0.25) is 9.59 Å². The number of nitrogens with one attached hydrogen (secondary N) is 2. The zero-order valence-electron chi connectivity index (χ0n) is 23.9. The van der Waals surface area contributed by atoms with Gasteiger partial charge in [0.1, 0.15) is 16.8 Å². The molecule has 0 aliphatic carbocycles. The van der Waals surface area contributed by atoms with Crippen LogP contribution < -0.4 is 20.8 Å². The van der Waals surface area contributed by atoms with Crippen molar-refractivity contribution in [2.45, 2.75) is 38.1 Å². The third-order valence-corrected chi connectivity index (χ3v) is 9.10. The quantitative estimate of drug-likeness (QED) is 0.271. The molecule has 1 atom stereocenters. The molecule has 3 aliphatic heterocycles. The van der Waals surface area contributed by atoms with Crippen molar-refractivity contribution in [3.8, 4) is 17.2 Å². The molecule has 0 saturated carbocycles. The molecule has 1 aromatic heterocycles. The molecule has 8 nitrogen and oxygen atoms in total. The molecule has 1 amide bonds. The van der Waals surface area contributed by atoms with Gasteiger partial charge in [0, 0.05) is 31.9 Å². The topological polar surface area (TPSA) is 78.8 Å². The van der Waals surface area contributed by atoms with Gasteiger partial charge in [-0.2, -0.15) is 0 Å². The SMILES string of the molecule is CN1CCCC1CCNc1c(F)cc2c(=O)c(C(=O)NCCN3CCCC3)cn3c2c1Oc1cc2ccccc2cc1-3. The summed E-state index contributed by atoms with van der Waals surface area (Å²) in [4.78, 5) is 31.7. The van der Waals surface area contributed by atoms with E-state index in [9.17, 15) is 9.59 Å². The van der Waals surface area contributed by atoms with Gasteiger partial charge in [0.15, 0.2) is 17.3 Å². The summed E-state index contributed by atoms with van der Waals surface area (Å²) in [5, 5.41) is 8.30. The number of amides is 1. The number of anilines is 1. The second-order valence-electron chi connectivity index (χ2n) is 11.8. The molecule has 0 radical (unpaired) electrons. The Balaban J connectivity index is 1.30. The summed E-state index contributed by atoms with van der Waals surface area (Å²) >= 11 is 0. The number of hydrogen-bond acceptors (Lipinski definition) is 6. The van der Waals surface area contributed by atoms with E-state index >= 15 is 4.39 Å². The first-order valence-corrected chi connectivity index (χ1v) is 15.1. The van der Waals surface area contributed by atoms with E-state index in [1.807, 2.05) is 41.0 Å². The highest BCUT2D eigenvalue weighted by atomic mass is 19.1. The van der Waals surface area contributed by atoms with E-state index in [2.05, 4.69) is 27.5 Å². The number of rotatable bonds is 8. The Morgan fingerprint density at radius 2 is 1.83 bits per heavy atom. The molecule has 7 rings (SSSR count). The molecule has 3 aliphatic rings. The van der Waals surface area contributed by atoms with E-state index in [1.54, 1.807) is 6.20 Å². The standard InChI is InChI=1S/C33H36FN5O3/c1-37-13-6-9-23(37)10-11-35-29-26(34)19-24-30-32(29)42-28-18-22-8-3-2-7-21(22)17-27(28)39(30)20-25(31(24)40)33(41)36-12-16-38-14-4-5-15-38/h2-3,7-8,17-20,23,35H,4-6,9-16H2,1H3,(H,36,41). The maximum absolute atomic E-state index is 15.8. The minimum absolute atomic E-state index is 0.0136. The minimum atomic E-state index is -0.572. The first kappa shape index (κ1) is 26.9. The van der Waals surface area contributed by atoms with E-state index in [0.29, 0.717) is 36.1 Å². The number of likely N-dealkylation sites (tertiary alicyclic amines) is 2. The fraction of sp³-hybridized carbons (Fsp3) is 0.394. The van der Waals surface area contributed by atoms with Crippen LogP contribution in [0.4, 0.5) is 10.1 Å². The summed E-state index contributed by atoms with van der Waals surface area (Å²) < 4.78 is 24.0. The van der Waals surface area contributed by atoms with Crippen molar-refractivity contribution < 1.29 is 13.9 Å². The van der Waals surface area contributed by atoms with Crippen molar-refractivity contribution in [3.63, 3.8) is 0 Å². The Labute approximate surface area is 244 Å². The molecular weight excluding hydrogens is 533 g/mol. The molecule has 3 aromatic carbocycles. The summed E-state index contributed by atoms with van der Waals surface area (Å²) in [5.74, 6) is -0.221. The molecule has 9 heteroatoms. The second-order valence-corrected chi connectivity index (χ2v) is 11.8. The zero-order chi connectivity index (χ0) is 28.8. The van der Waals surface area contributed by atoms with Crippen LogP contribution in [0.5, 0.6) is 11.5 Å². The number of hydrogen-bond donors (Lipinski definition) is 2. The Kier molecular flexibility index (Phi) is 7.07. The number of carbonyl (C=O) groups excluding carboxylic acids is 1. The summed E-state index contributed by atoms with van der Waals surface area (Å²) in [6, 6.07) is 13.5. The van der Waals surface area contributed by atoms with Gasteiger partial charge >= 0.3 is 0 Å². The molecule has 0 bridgehead atoms. The Hall–Kier alpha value is -3.95. The van der Waals surface area contributed by atoms with Gasteiger partial charge in [-0.25, -0.2) is 4.39 Å². The van der Waals surface area contributed by atoms with Gasteiger partial charge in [0.25, 0.3) is 5.91 Å². The van der Waals surface area contributed by atoms with Crippen LogP contribution in [0, 0.1) is 5.82 Å². The van der Waals surface area contributed by atoms with Crippen LogP contribution >= 0.6 is 0 Å². The van der Waals surface area contributed by atoms with Crippen molar-refractivity contribution in [2.24, 2.45) is 0 Å². The van der Waals surface area contributed by atoms with Crippen LogP contribution in [0.3, 0.4) is 0 Å². The fourth-order valence-electron chi connectivity index (χ4n) is 6.77. The normalized spacial score (nSPS) is 18.4. The number of aromatic nitrogens is 1. The lowest BCUT2D eigenvalue weighted by molar-refractivity contribution is 0.0948. The van der Waals surface area contributed by atoms with Gasteiger partial charge in [0.2, 0.25) is 5.43 Å². The molecular formula is C33H36FN5O3. The van der Waals surface area contributed by atoms with Crippen molar-refractivity contribution in [3.05, 3.63) is 70.3 Å². The van der Waals surface area contributed by atoms with Crippen molar-refractivity contribution in [1.82, 2.24) is 19.7 Å². The minimum Gasteiger partial charge on any atom is -0.451 e. The number of benzene rings is 3. The molecule has 2 fully saturated rings. The number of nitrogens with zero attached hydrogens (tertiary/aromatic N) is 3. The van der Waals surface area contributed by atoms with Crippen LogP contribution in [-0.2, 0) is 0 Å². The molecule has 4 aromatic rings. The Bertz CT molecular complexity index is 1750. The number of ether oxygens (including phenoxy) is 1. The highest BCUT2D eigenvalue weighted by Crippen LogP contribution is 2.46. The van der Waals surface area contributed by atoms with E-state index < -0.39 is 17.2 Å². The molecule has 4 heterocycles. The number of halogens is 1. The number of carbonyl (C=O) groups is 1. The van der Waals surface area contributed by atoms with Crippen LogP contribution in [0.25, 0.3) is 27.4 Å². The average molecular weight is 570 g/mol. The third kappa shape index (κ3) is 4.80. The van der Waals surface area contributed by atoms with Gasteiger partial charge in [-0.05, 0) is 87.8 Å². The largest absolute Gasteiger partial charge is 0.451 e. The summed E-state index contributed by atoms with van der Waals surface area (Å²) in [6.07, 6.45) is 7.10. The highest BCUT2D eigenvalue weighted by molar-refractivity contribution is 6.02. The van der Waals surface area contributed by atoms with E-state index in [-0.39, 0.29) is 22.4 Å². The van der Waals surface area contributed by atoms with Crippen LogP contribution in [0.2, 0.25) is 0 Å². The van der Waals surface area contributed by atoms with Crippen LogP contribution in [-0.4, -0.2) is 72.6 Å². The average Bonchev–Trinajstić information content (AvgIpc) is 3.66. The number of fused-ring (bicyclic) bond motifs is 3. The maximum Gasteiger partial charge on any atom is 0.256 e. The first-order valence-electron chi connectivity index (χ1n) is 15.1. The predicted octanol–water partition coefficient (Wildman–Crippen LogP) is 5.11. The monoisotopic (exact) mass is 569 g/mol. The fourth-order valence-corrected chi connectivity index (χ4v) is 6.77. The van der Waals surface area contributed by atoms with Gasteiger partial charge < -0.3 is 29.7 Å². The van der Waals surface area contributed by atoms with E-state index in [4.69, 9.17) is 4.74 Å². The smallest absolute Gasteiger partial charge is 0.256 e. The van der Waals surface area contributed by atoms with E-state index in [1.165, 1.54) is 25.3 Å². The van der Waals surface area contributed by atoms with Gasteiger partial charge in [-0.1, -0.05) is 24.3 Å². The van der Waals surface area contributed by atoms with Crippen molar-refractivity contribution >= 4 is 33.3 Å². The van der Waals surface area contributed by atoms with Crippen molar-refractivity contribution in [1.29, 1.82) is 0 Å². The summed E-state index contributed by atoms with van der Waals surface area (Å²) in [5.41, 5.74) is 0.867. The molecule has 2 saturated heterocycles. The zero-order valence-corrected chi connectivity index (χ0v) is 23.9. The predicted molar refractivity (Wildman–Crippen MR) is 164 cm³/mol.